The molecular weight excluding hydrogens is 364 g/mol. The van der Waals surface area contributed by atoms with Crippen LogP contribution in [0.5, 0.6) is 0 Å². The molecule has 0 bridgehead atoms. The summed E-state index contributed by atoms with van der Waals surface area (Å²) >= 11 is 0. The fourth-order valence-electron chi connectivity index (χ4n) is 5.84. The number of fused-ring (bicyclic) bond motifs is 1. The highest BCUT2D eigenvalue weighted by molar-refractivity contribution is 7.88. The van der Waals surface area contributed by atoms with Crippen LogP contribution in [0.2, 0.25) is 0 Å². The largest absolute Gasteiger partial charge is 0.342 e. The van der Waals surface area contributed by atoms with Gasteiger partial charge in [0.05, 0.1) is 12.2 Å². The van der Waals surface area contributed by atoms with Crippen LogP contribution in [0.15, 0.2) is 0 Å². The average molecular weight is 399 g/mol. The minimum atomic E-state index is -3.07. The number of nitrogens with one attached hydrogen (secondary N) is 1. The van der Waals surface area contributed by atoms with Gasteiger partial charge in [0.15, 0.2) is 0 Å². The van der Waals surface area contributed by atoms with Gasteiger partial charge in [-0.15, -0.1) is 0 Å². The van der Waals surface area contributed by atoms with E-state index in [-0.39, 0.29) is 12.0 Å². The summed E-state index contributed by atoms with van der Waals surface area (Å²) in [6.07, 6.45) is 7.70. The summed E-state index contributed by atoms with van der Waals surface area (Å²) in [5.74, 6) is 1.59. The summed E-state index contributed by atoms with van der Waals surface area (Å²) in [7, 11) is -3.07. The molecule has 154 valence electrons. The normalized spacial score (nSPS) is 36.9. The molecule has 0 saturated carbocycles. The van der Waals surface area contributed by atoms with E-state index in [4.69, 9.17) is 0 Å². The Morgan fingerprint density at radius 3 is 2.22 bits per heavy atom. The molecule has 0 aliphatic carbocycles. The monoisotopic (exact) mass is 398 g/mol. The molecule has 0 aromatic carbocycles. The van der Waals surface area contributed by atoms with E-state index in [1.807, 2.05) is 0 Å². The lowest BCUT2D eigenvalue weighted by Gasteiger charge is -2.42. The van der Waals surface area contributed by atoms with Crippen molar-refractivity contribution in [1.82, 2.24) is 19.6 Å². The van der Waals surface area contributed by atoms with Crippen molar-refractivity contribution in [3.05, 3.63) is 0 Å². The maximum atomic E-state index is 13.1. The number of likely N-dealkylation sites (tertiary alicyclic amines) is 1. The van der Waals surface area contributed by atoms with Crippen LogP contribution in [0.1, 0.15) is 45.4 Å². The molecule has 4 fully saturated rings. The predicted octanol–water partition coefficient (Wildman–Crippen LogP) is 0.884. The van der Waals surface area contributed by atoms with E-state index in [0.29, 0.717) is 36.9 Å². The van der Waals surface area contributed by atoms with Crippen LogP contribution in [-0.2, 0) is 14.8 Å². The summed E-state index contributed by atoms with van der Waals surface area (Å²) in [6, 6.07) is 0.494. The molecule has 4 rings (SSSR count). The van der Waals surface area contributed by atoms with Gasteiger partial charge >= 0.3 is 0 Å². The fourth-order valence-corrected chi connectivity index (χ4v) is 6.71. The molecule has 1 amide bonds. The van der Waals surface area contributed by atoms with Crippen molar-refractivity contribution in [1.29, 1.82) is 0 Å². The van der Waals surface area contributed by atoms with Crippen LogP contribution in [0.4, 0.5) is 0 Å². The van der Waals surface area contributed by atoms with Crippen molar-refractivity contribution in [2.75, 3.05) is 39.0 Å². The first-order valence-electron chi connectivity index (χ1n) is 10.6. The number of amides is 1. The number of nitrogens with zero attached hydrogens (tertiary/aromatic N) is 3. The third kappa shape index (κ3) is 3.91. The summed E-state index contributed by atoms with van der Waals surface area (Å²) in [6.45, 7) is 6.29. The number of hydrogen-bond donors (Lipinski definition) is 1. The Bertz CT molecular complexity index is 656. The van der Waals surface area contributed by atoms with Gasteiger partial charge in [-0.2, -0.15) is 0 Å². The van der Waals surface area contributed by atoms with Crippen LogP contribution in [0, 0.1) is 17.8 Å². The minimum absolute atomic E-state index is 0.0574. The third-order valence-electron chi connectivity index (χ3n) is 7.35. The highest BCUT2D eigenvalue weighted by Crippen LogP contribution is 2.40. The van der Waals surface area contributed by atoms with Crippen LogP contribution in [0.25, 0.3) is 0 Å². The summed E-state index contributed by atoms with van der Waals surface area (Å²) in [5.41, 5.74) is 3.56. The predicted molar refractivity (Wildman–Crippen MR) is 104 cm³/mol. The first-order valence-corrected chi connectivity index (χ1v) is 12.5. The first-order chi connectivity index (χ1) is 12.8. The lowest BCUT2D eigenvalue weighted by Crippen LogP contribution is -2.49. The summed E-state index contributed by atoms with van der Waals surface area (Å²) in [4.78, 5) is 15.2. The molecule has 1 N–H and O–H groups in total. The molecule has 0 radical (unpaired) electrons. The van der Waals surface area contributed by atoms with E-state index < -0.39 is 10.0 Å². The van der Waals surface area contributed by atoms with Crippen molar-refractivity contribution < 1.29 is 13.2 Å². The van der Waals surface area contributed by atoms with Gasteiger partial charge < -0.3 is 4.90 Å². The second-order valence-electron chi connectivity index (χ2n) is 9.02. The molecule has 8 heteroatoms. The van der Waals surface area contributed by atoms with Crippen LogP contribution >= 0.6 is 0 Å². The fraction of sp³-hybridized carbons (Fsp3) is 0.947. The van der Waals surface area contributed by atoms with E-state index >= 15 is 0 Å². The Morgan fingerprint density at radius 2 is 1.59 bits per heavy atom. The maximum Gasteiger partial charge on any atom is 0.228 e. The van der Waals surface area contributed by atoms with Gasteiger partial charge in [-0.1, -0.05) is 0 Å². The summed E-state index contributed by atoms with van der Waals surface area (Å²) in [5, 5.41) is 2.32. The van der Waals surface area contributed by atoms with Crippen LogP contribution < -0.4 is 5.43 Å². The maximum absolute atomic E-state index is 13.1. The molecule has 4 atom stereocenters. The van der Waals surface area contributed by atoms with Gasteiger partial charge in [0.2, 0.25) is 15.9 Å². The number of rotatable bonds is 3. The van der Waals surface area contributed by atoms with Gasteiger partial charge in [-0.3, -0.25) is 10.2 Å². The Labute approximate surface area is 163 Å². The Kier molecular flexibility index (Phi) is 5.53. The number of hydrazine groups is 1. The topological polar surface area (TPSA) is 73.0 Å². The number of carbonyl (C=O) groups excluding carboxylic acids is 1. The molecule has 0 aromatic rings. The zero-order valence-corrected chi connectivity index (χ0v) is 17.5. The van der Waals surface area contributed by atoms with Gasteiger partial charge in [0.1, 0.15) is 0 Å². The van der Waals surface area contributed by atoms with Crippen LogP contribution in [0.3, 0.4) is 0 Å². The molecule has 4 saturated heterocycles. The number of carbonyl (C=O) groups is 1. The molecule has 4 aliphatic rings. The molecule has 27 heavy (non-hydrogen) atoms. The van der Waals surface area contributed by atoms with Gasteiger partial charge in [-0.05, 0) is 57.3 Å². The van der Waals surface area contributed by atoms with E-state index in [9.17, 15) is 13.2 Å². The van der Waals surface area contributed by atoms with Crippen molar-refractivity contribution >= 4 is 15.9 Å². The lowest BCUT2D eigenvalue weighted by atomic mass is 9.74. The van der Waals surface area contributed by atoms with E-state index in [0.717, 1.165) is 58.2 Å². The second-order valence-corrected chi connectivity index (χ2v) is 11.0. The zero-order chi connectivity index (χ0) is 19.2. The summed E-state index contributed by atoms with van der Waals surface area (Å²) < 4.78 is 25.2. The molecule has 7 nitrogen and oxygen atoms in total. The third-order valence-corrected chi connectivity index (χ3v) is 8.65. The van der Waals surface area contributed by atoms with Crippen molar-refractivity contribution in [2.24, 2.45) is 17.8 Å². The number of piperidine rings is 2. The SMILES string of the molecule is CC1NN2CCC(C3CCN(S(C)(=O)=O)CC3)CC2C1C(=O)N1CCCC1. The second kappa shape index (κ2) is 7.61. The Morgan fingerprint density at radius 1 is 0.963 bits per heavy atom. The van der Waals surface area contributed by atoms with Crippen molar-refractivity contribution in [3.8, 4) is 0 Å². The molecule has 0 aromatic heterocycles. The van der Waals surface area contributed by atoms with E-state index in [1.165, 1.54) is 6.26 Å². The van der Waals surface area contributed by atoms with Crippen LogP contribution in [-0.4, -0.2) is 79.6 Å². The standard InChI is InChI=1S/C19H34N4O3S/c1-14-18(19(24)21-8-3-4-9-21)17-13-16(7-12-23(17)20-14)15-5-10-22(11-6-15)27(2,25)26/h14-18,20H,3-13H2,1-2H3. The Balaban J connectivity index is 1.40. The van der Waals surface area contributed by atoms with E-state index in [1.54, 1.807) is 4.31 Å². The highest BCUT2D eigenvalue weighted by atomic mass is 32.2. The average Bonchev–Trinajstić information content (AvgIpc) is 3.27. The molecule has 0 spiro atoms. The quantitative estimate of drug-likeness (QED) is 0.764. The molecule has 4 aliphatic heterocycles. The smallest absolute Gasteiger partial charge is 0.228 e. The van der Waals surface area contributed by atoms with Gasteiger partial charge in [-0.25, -0.2) is 17.7 Å². The lowest BCUT2D eigenvalue weighted by molar-refractivity contribution is -0.136. The minimum Gasteiger partial charge on any atom is -0.342 e. The highest BCUT2D eigenvalue weighted by Gasteiger charge is 2.48. The Hall–Kier alpha value is -0.700. The van der Waals surface area contributed by atoms with Gasteiger partial charge in [0, 0.05) is 44.8 Å². The zero-order valence-electron chi connectivity index (χ0n) is 16.6. The van der Waals surface area contributed by atoms with Crippen molar-refractivity contribution in [3.63, 3.8) is 0 Å². The molecule has 4 unspecified atom stereocenters. The molecular formula is C19H34N4O3S. The number of hydrogen-bond acceptors (Lipinski definition) is 5. The molecule has 4 heterocycles. The van der Waals surface area contributed by atoms with Gasteiger partial charge in [0.25, 0.3) is 0 Å². The first kappa shape index (κ1) is 19.6. The van der Waals surface area contributed by atoms with E-state index in [2.05, 4.69) is 22.3 Å². The van der Waals surface area contributed by atoms with Crippen molar-refractivity contribution in [2.45, 2.75) is 57.5 Å². The number of sulfonamides is 1.